The summed E-state index contributed by atoms with van der Waals surface area (Å²) in [6.07, 6.45) is 7.17. The van der Waals surface area contributed by atoms with E-state index in [0.29, 0.717) is 6.04 Å². The van der Waals surface area contributed by atoms with Crippen LogP contribution < -0.4 is 5.32 Å². The van der Waals surface area contributed by atoms with Crippen LogP contribution in [0.1, 0.15) is 18.4 Å². The molecule has 0 saturated heterocycles. The highest BCUT2D eigenvalue weighted by Crippen LogP contribution is 2.23. The second-order valence-electron chi connectivity index (χ2n) is 3.80. The minimum atomic E-state index is 0.501. The van der Waals surface area contributed by atoms with Crippen LogP contribution in [0.5, 0.6) is 0 Å². The van der Waals surface area contributed by atoms with Gasteiger partial charge < -0.3 is 5.32 Å². The van der Waals surface area contributed by atoms with Gasteiger partial charge in [0.15, 0.2) is 0 Å². The van der Waals surface area contributed by atoms with Crippen LogP contribution in [0, 0.1) is 19.3 Å². The average molecular weight is 233 g/mol. The first-order valence-corrected chi connectivity index (χ1v) is 6.55. The van der Waals surface area contributed by atoms with E-state index in [0.717, 1.165) is 18.6 Å². The molecule has 0 radical (unpaired) electrons. The molecule has 0 aromatic heterocycles. The van der Waals surface area contributed by atoms with Crippen LogP contribution in [0.3, 0.4) is 0 Å². The molecule has 16 heavy (non-hydrogen) atoms. The molecule has 1 rings (SSSR count). The van der Waals surface area contributed by atoms with E-state index in [2.05, 4.69) is 42.4 Å². The highest BCUT2D eigenvalue weighted by atomic mass is 32.2. The van der Waals surface area contributed by atoms with Gasteiger partial charge in [0, 0.05) is 23.1 Å². The maximum Gasteiger partial charge on any atom is 0.0167 e. The van der Waals surface area contributed by atoms with Crippen LogP contribution in [0.15, 0.2) is 29.2 Å². The van der Waals surface area contributed by atoms with Gasteiger partial charge in [-0.25, -0.2) is 0 Å². The van der Waals surface area contributed by atoms with E-state index >= 15 is 0 Å². The third-order valence-electron chi connectivity index (χ3n) is 2.58. The molecule has 1 nitrogen and oxygen atoms in total. The van der Waals surface area contributed by atoms with E-state index in [1.54, 1.807) is 0 Å². The second kappa shape index (κ2) is 7.38. The molecule has 0 bridgehead atoms. The normalized spacial score (nSPS) is 12.1. The van der Waals surface area contributed by atoms with Crippen molar-refractivity contribution in [1.82, 2.24) is 5.32 Å². The Morgan fingerprint density at radius 2 is 2.19 bits per heavy atom. The van der Waals surface area contributed by atoms with Gasteiger partial charge in [0.2, 0.25) is 0 Å². The number of hydrogen-bond acceptors (Lipinski definition) is 2. The van der Waals surface area contributed by atoms with Crippen molar-refractivity contribution in [2.24, 2.45) is 0 Å². The Balaban J connectivity index is 2.44. The lowest BCUT2D eigenvalue weighted by Gasteiger charge is -2.15. The van der Waals surface area contributed by atoms with Gasteiger partial charge in [0.1, 0.15) is 0 Å². The first kappa shape index (κ1) is 13.2. The summed E-state index contributed by atoms with van der Waals surface area (Å²) in [6, 6.07) is 8.99. The van der Waals surface area contributed by atoms with Gasteiger partial charge in [0.05, 0.1) is 0 Å². The Kier molecular flexibility index (Phi) is 6.07. The van der Waals surface area contributed by atoms with Crippen molar-refractivity contribution >= 4 is 11.8 Å². The van der Waals surface area contributed by atoms with Crippen LogP contribution >= 0.6 is 11.8 Å². The summed E-state index contributed by atoms with van der Waals surface area (Å²) in [5, 5.41) is 3.31. The fourth-order valence-corrected chi connectivity index (χ4v) is 2.66. The molecule has 1 unspecified atom stereocenters. The number of rotatable bonds is 6. The van der Waals surface area contributed by atoms with Gasteiger partial charge >= 0.3 is 0 Å². The zero-order chi connectivity index (χ0) is 11.8. The van der Waals surface area contributed by atoms with Crippen molar-refractivity contribution in [1.29, 1.82) is 0 Å². The zero-order valence-corrected chi connectivity index (χ0v) is 10.8. The number of nitrogens with one attached hydrogen (secondary N) is 1. The van der Waals surface area contributed by atoms with Crippen molar-refractivity contribution in [3.63, 3.8) is 0 Å². The SMILES string of the molecule is C#CCCC(CSc1ccccc1C)NC. The fourth-order valence-electron chi connectivity index (χ4n) is 1.48. The van der Waals surface area contributed by atoms with Crippen LogP contribution in [-0.2, 0) is 0 Å². The molecule has 0 fully saturated rings. The molecule has 0 aliphatic carbocycles. The van der Waals surface area contributed by atoms with Crippen LogP contribution in [0.25, 0.3) is 0 Å². The van der Waals surface area contributed by atoms with Gasteiger partial charge in [-0.15, -0.1) is 24.1 Å². The molecule has 1 aromatic carbocycles. The van der Waals surface area contributed by atoms with Crippen molar-refractivity contribution in [2.75, 3.05) is 12.8 Å². The molecule has 0 aliphatic rings. The Hall–Kier alpha value is -0.910. The number of benzene rings is 1. The van der Waals surface area contributed by atoms with E-state index in [-0.39, 0.29) is 0 Å². The summed E-state index contributed by atoms with van der Waals surface area (Å²) in [7, 11) is 2.00. The molecule has 1 atom stereocenters. The van der Waals surface area contributed by atoms with E-state index < -0.39 is 0 Å². The van der Waals surface area contributed by atoms with Gasteiger partial charge in [-0.3, -0.25) is 0 Å². The summed E-state index contributed by atoms with van der Waals surface area (Å²) >= 11 is 1.90. The summed E-state index contributed by atoms with van der Waals surface area (Å²) in [5.74, 6) is 3.77. The quantitative estimate of drug-likeness (QED) is 0.598. The molecule has 86 valence electrons. The van der Waals surface area contributed by atoms with Gasteiger partial charge in [0.25, 0.3) is 0 Å². The lowest BCUT2D eigenvalue weighted by molar-refractivity contribution is 0.582. The number of thioether (sulfide) groups is 1. The largest absolute Gasteiger partial charge is 0.316 e. The standard InChI is InChI=1S/C14H19NS/c1-4-5-9-13(15-3)11-16-14-10-7-6-8-12(14)2/h1,6-8,10,13,15H,5,9,11H2,2-3H3. The molecule has 0 spiro atoms. The minimum absolute atomic E-state index is 0.501. The van der Waals surface area contributed by atoms with Crippen molar-refractivity contribution in [3.05, 3.63) is 29.8 Å². The molecule has 1 N–H and O–H groups in total. The predicted molar refractivity (Wildman–Crippen MR) is 72.8 cm³/mol. The van der Waals surface area contributed by atoms with E-state index in [4.69, 9.17) is 6.42 Å². The number of terminal acetylenes is 1. The monoisotopic (exact) mass is 233 g/mol. The van der Waals surface area contributed by atoms with Gasteiger partial charge in [-0.1, -0.05) is 18.2 Å². The van der Waals surface area contributed by atoms with Crippen LogP contribution in [0.4, 0.5) is 0 Å². The van der Waals surface area contributed by atoms with E-state index in [1.807, 2.05) is 18.8 Å². The highest BCUT2D eigenvalue weighted by Gasteiger charge is 2.06. The van der Waals surface area contributed by atoms with Crippen LogP contribution in [0.2, 0.25) is 0 Å². The zero-order valence-electron chi connectivity index (χ0n) is 9.99. The Morgan fingerprint density at radius 1 is 1.44 bits per heavy atom. The summed E-state index contributed by atoms with van der Waals surface area (Å²) in [6.45, 7) is 2.15. The molecular formula is C14H19NS. The minimum Gasteiger partial charge on any atom is -0.316 e. The summed E-state index contributed by atoms with van der Waals surface area (Å²) in [5.41, 5.74) is 1.35. The fraction of sp³-hybridized carbons (Fsp3) is 0.429. The summed E-state index contributed by atoms with van der Waals surface area (Å²) in [4.78, 5) is 1.36. The second-order valence-corrected chi connectivity index (χ2v) is 4.87. The third kappa shape index (κ3) is 4.30. The van der Waals surface area contributed by atoms with Crippen molar-refractivity contribution in [3.8, 4) is 12.3 Å². The maximum atomic E-state index is 5.28. The van der Waals surface area contributed by atoms with Crippen LogP contribution in [-0.4, -0.2) is 18.8 Å². The molecular weight excluding hydrogens is 214 g/mol. The van der Waals surface area contributed by atoms with Crippen molar-refractivity contribution in [2.45, 2.75) is 30.7 Å². The van der Waals surface area contributed by atoms with Crippen molar-refractivity contribution < 1.29 is 0 Å². The third-order valence-corrected chi connectivity index (χ3v) is 3.92. The predicted octanol–water partition coefficient (Wildman–Crippen LogP) is 3.09. The maximum absolute atomic E-state index is 5.28. The smallest absolute Gasteiger partial charge is 0.0167 e. The number of hydrogen-bond donors (Lipinski definition) is 1. The molecule has 0 heterocycles. The lowest BCUT2D eigenvalue weighted by atomic mass is 10.2. The first-order valence-electron chi connectivity index (χ1n) is 5.57. The molecule has 1 aromatic rings. The molecule has 0 saturated carbocycles. The van der Waals surface area contributed by atoms with Gasteiger partial charge in [-0.05, 0) is 32.0 Å². The van der Waals surface area contributed by atoms with Gasteiger partial charge in [-0.2, -0.15) is 0 Å². The topological polar surface area (TPSA) is 12.0 Å². The average Bonchev–Trinajstić information content (AvgIpc) is 2.31. The molecule has 0 amide bonds. The Labute approximate surface area is 103 Å². The lowest BCUT2D eigenvalue weighted by Crippen LogP contribution is -2.27. The summed E-state index contributed by atoms with van der Waals surface area (Å²) < 4.78 is 0. The van der Waals surface area contributed by atoms with E-state index in [9.17, 15) is 0 Å². The number of aryl methyl sites for hydroxylation is 1. The Bertz CT molecular complexity index is 354. The molecule has 2 heteroatoms. The molecule has 0 aliphatic heterocycles. The first-order chi connectivity index (χ1) is 7.77. The Morgan fingerprint density at radius 3 is 2.81 bits per heavy atom. The van der Waals surface area contributed by atoms with E-state index in [1.165, 1.54) is 10.5 Å². The highest BCUT2D eigenvalue weighted by molar-refractivity contribution is 7.99.